The predicted molar refractivity (Wildman–Crippen MR) is 81.6 cm³/mol. The number of methoxy groups -OCH3 is 1. The Kier molecular flexibility index (Phi) is 4.61. The van der Waals surface area contributed by atoms with E-state index in [2.05, 4.69) is 21.2 Å². The van der Waals surface area contributed by atoms with Gasteiger partial charge in [0.1, 0.15) is 0 Å². The van der Waals surface area contributed by atoms with Crippen LogP contribution in [-0.2, 0) is 9.53 Å². The van der Waals surface area contributed by atoms with Crippen LogP contribution in [0.5, 0.6) is 0 Å². The standard InChI is InChI=1S/C14H14BrNO2S/c1-9-4-3-5-10(8-9)16-13(14(17)18-2)11-6-7-12(15)19-11/h3-8,13,16H,1-2H3. The van der Waals surface area contributed by atoms with Crippen LogP contribution in [0.15, 0.2) is 40.2 Å². The molecule has 2 aromatic rings. The van der Waals surface area contributed by atoms with Gasteiger partial charge in [-0.15, -0.1) is 11.3 Å². The molecular weight excluding hydrogens is 326 g/mol. The Balaban J connectivity index is 2.26. The molecule has 1 aromatic carbocycles. The molecule has 0 amide bonds. The van der Waals surface area contributed by atoms with Crippen LogP contribution < -0.4 is 5.32 Å². The lowest BCUT2D eigenvalue weighted by Crippen LogP contribution is -2.21. The molecule has 5 heteroatoms. The summed E-state index contributed by atoms with van der Waals surface area (Å²) in [5.74, 6) is -0.296. The normalized spacial score (nSPS) is 11.9. The largest absolute Gasteiger partial charge is 0.467 e. The number of halogens is 1. The van der Waals surface area contributed by atoms with Gasteiger partial charge in [0.25, 0.3) is 0 Å². The van der Waals surface area contributed by atoms with Gasteiger partial charge in [0.05, 0.1) is 10.9 Å². The maximum absolute atomic E-state index is 11.9. The first-order chi connectivity index (χ1) is 9.10. The first kappa shape index (κ1) is 14.1. The molecule has 1 heterocycles. The number of carbonyl (C=O) groups is 1. The SMILES string of the molecule is COC(=O)C(Nc1cccc(C)c1)c1ccc(Br)s1. The van der Waals surface area contributed by atoms with E-state index in [9.17, 15) is 4.79 Å². The number of benzene rings is 1. The van der Waals surface area contributed by atoms with E-state index < -0.39 is 6.04 Å². The summed E-state index contributed by atoms with van der Waals surface area (Å²) in [4.78, 5) is 12.8. The quantitative estimate of drug-likeness (QED) is 0.850. The molecule has 1 aromatic heterocycles. The van der Waals surface area contributed by atoms with Crippen molar-refractivity contribution in [3.63, 3.8) is 0 Å². The van der Waals surface area contributed by atoms with Gasteiger partial charge in [0, 0.05) is 10.6 Å². The smallest absolute Gasteiger partial charge is 0.333 e. The third kappa shape index (κ3) is 3.58. The Hall–Kier alpha value is -1.33. The molecule has 0 radical (unpaired) electrons. The van der Waals surface area contributed by atoms with Crippen molar-refractivity contribution < 1.29 is 9.53 Å². The first-order valence-electron chi connectivity index (χ1n) is 5.76. The summed E-state index contributed by atoms with van der Waals surface area (Å²) in [6.45, 7) is 2.01. The van der Waals surface area contributed by atoms with E-state index in [0.717, 1.165) is 19.9 Å². The molecule has 0 saturated carbocycles. The predicted octanol–water partition coefficient (Wildman–Crippen LogP) is 4.15. The summed E-state index contributed by atoms with van der Waals surface area (Å²) < 4.78 is 5.86. The third-order valence-electron chi connectivity index (χ3n) is 2.64. The Morgan fingerprint density at radius 2 is 2.16 bits per heavy atom. The summed E-state index contributed by atoms with van der Waals surface area (Å²) in [5, 5.41) is 3.22. The number of hydrogen-bond acceptors (Lipinski definition) is 4. The number of anilines is 1. The fourth-order valence-electron chi connectivity index (χ4n) is 1.75. The Labute approximate surface area is 124 Å². The van der Waals surface area contributed by atoms with Crippen molar-refractivity contribution in [3.8, 4) is 0 Å². The van der Waals surface area contributed by atoms with Crippen LogP contribution in [0.1, 0.15) is 16.5 Å². The number of hydrogen-bond donors (Lipinski definition) is 1. The lowest BCUT2D eigenvalue weighted by atomic mass is 10.2. The first-order valence-corrected chi connectivity index (χ1v) is 7.37. The van der Waals surface area contributed by atoms with Gasteiger partial charge in [-0.25, -0.2) is 4.79 Å². The van der Waals surface area contributed by atoms with Gasteiger partial charge in [-0.1, -0.05) is 12.1 Å². The number of carbonyl (C=O) groups excluding carboxylic acids is 1. The zero-order chi connectivity index (χ0) is 13.8. The number of rotatable bonds is 4. The molecule has 0 fully saturated rings. The lowest BCUT2D eigenvalue weighted by molar-refractivity contribution is -0.141. The highest BCUT2D eigenvalue weighted by molar-refractivity contribution is 9.11. The molecule has 0 aliphatic heterocycles. The zero-order valence-corrected chi connectivity index (χ0v) is 13.0. The van der Waals surface area contributed by atoms with Crippen LogP contribution in [0.25, 0.3) is 0 Å². The van der Waals surface area contributed by atoms with Crippen molar-refractivity contribution in [1.82, 2.24) is 0 Å². The average Bonchev–Trinajstić information content (AvgIpc) is 2.81. The van der Waals surface area contributed by atoms with Gasteiger partial charge in [-0.3, -0.25) is 0 Å². The average molecular weight is 340 g/mol. The van der Waals surface area contributed by atoms with E-state index in [0.29, 0.717) is 0 Å². The third-order valence-corrected chi connectivity index (χ3v) is 4.33. The highest BCUT2D eigenvalue weighted by Crippen LogP contribution is 2.30. The van der Waals surface area contributed by atoms with Crippen molar-refractivity contribution in [1.29, 1.82) is 0 Å². The van der Waals surface area contributed by atoms with Crippen LogP contribution in [0.3, 0.4) is 0 Å². The summed E-state index contributed by atoms with van der Waals surface area (Å²) in [7, 11) is 1.40. The molecule has 100 valence electrons. The second-order valence-corrected chi connectivity index (χ2v) is 6.61. The van der Waals surface area contributed by atoms with Crippen LogP contribution in [0.4, 0.5) is 5.69 Å². The number of esters is 1. The van der Waals surface area contributed by atoms with Gasteiger partial charge < -0.3 is 10.1 Å². The highest BCUT2D eigenvalue weighted by Gasteiger charge is 2.23. The fraction of sp³-hybridized carbons (Fsp3) is 0.214. The van der Waals surface area contributed by atoms with E-state index in [1.807, 2.05) is 43.3 Å². The maximum atomic E-state index is 11.9. The molecular formula is C14H14BrNO2S. The lowest BCUT2D eigenvalue weighted by Gasteiger charge is -2.16. The fourth-order valence-corrected chi connectivity index (χ4v) is 3.21. The molecule has 2 rings (SSSR count). The summed E-state index contributed by atoms with van der Waals surface area (Å²) in [5.41, 5.74) is 2.04. The van der Waals surface area contributed by atoms with Crippen LogP contribution in [0.2, 0.25) is 0 Å². The molecule has 1 N–H and O–H groups in total. The van der Waals surface area contributed by atoms with Gasteiger partial charge >= 0.3 is 5.97 Å². The Morgan fingerprint density at radius 1 is 1.37 bits per heavy atom. The minimum Gasteiger partial charge on any atom is -0.467 e. The molecule has 3 nitrogen and oxygen atoms in total. The van der Waals surface area contributed by atoms with Crippen molar-refractivity contribution in [3.05, 3.63) is 50.6 Å². The molecule has 1 unspecified atom stereocenters. The topological polar surface area (TPSA) is 38.3 Å². The molecule has 1 atom stereocenters. The zero-order valence-electron chi connectivity index (χ0n) is 10.6. The van der Waals surface area contributed by atoms with E-state index in [1.165, 1.54) is 18.4 Å². The maximum Gasteiger partial charge on any atom is 0.333 e. The molecule has 0 bridgehead atoms. The minimum absolute atomic E-state index is 0.296. The van der Waals surface area contributed by atoms with Crippen molar-refractivity contribution in [2.45, 2.75) is 13.0 Å². The molecule has 0 aliphatic rings. The number of aryl methyl sites for hydroxylation is 1. The number of nitrogens with one attached hydrogen (secondary N) is 1. The number of thiophene rings is 1. The van der Waals surface area contributed by atoms with Gasteiger partial charge in [-0.05, 0) is 52.7 Å². The van der Waals surface area contributed by atoms with E-state index in [1.54, 1.807) is 0 Å². The van der Waals surface area contributed by atoms with Gasteiger partial charge in [0.15, 0.2) is 6.04 Å². The molecule has 0 spiro atoms. The molecule has 19 heavy (non-hydrogen) atoms. The van der Waals surface area contributed by atoms with E-state index in [-0.39, 0.29) is 5.97 Å². The Morgan fingerprint density at radius 3 is 2.74 bits per heavy atom. The summed E-state index contributed by atoms with van der Waals surface area (Å²) >= 11 is 4.92. The molecule has 0 saturated heterocycles. The second kappa shape index (κ2) is 6.21. The second-order valence-electron chi connectivity index (χ2n) is 4.11. The van der Waals surface area contributed by atoms with Crippen LogP contribution in [0, 0.1) is 6.92 Å². The Bertz CT molecular complexity index is 582. The van der Waals surface area contributed by atoms with E-state index >= 15 is 0 Å². The summed E-state index contributed by atoms with van der Waals surface area (Å²) in [6, 6.07) is 11.3. The highest BCUT2D eigenvalue weighted by atomic mass is 79.9. The monoisotopic (exact) mass is 339 g/mol. The minimum atomic E-state index is -0.483. The summed E-state index contributed by atoms with van der Waals surface area (Å²) in [6.07, 6.45) is 0. The van der Waals surface area contributed by atoms with Gasteiger partial charge in [-0.2, -0.15) is 0 Å². The van der Waals surface area contributed by atoms with Crippen molar-refractivity contribution >= 4 is 38.9 Å². The van der Waals surface area contributed by atoms with Crippen LogP contribution >= 0.6 is 27.3 Å². The van der Waals surface area contributed by atoms with E-state index in [4.69, 9.17) is 4.74 Å². The molecule has 0 aliphatic carbocycles. The van der Waals surface area contributed by atoms with Crippen molar-refractivity contribution in [2.75, 3.05) is 12.4 Å². The number of ether oxygens (including phenoxy) is 1. The van der Waals surface area contributed by atoms with Gasteiger partial charge in [0.2, 0.25) is 0 Å². The van der Waals surface area contributed by atoms with Crippen LogP contribution in [-0.4, -0.2) is 13.1 Å². The van der Waals surface area contributed by atoms with Crippen molar-refractivity contribution in [2.24, 2.45) is 0 Å².